The number of amides is 1. The third kappa shape index (κ3) is 3.80. The summed E-state index contributed by atoms with van der Waals surface area (Å²) >= 11 is 5.88. The van der Waals surface area contributed by atoms with Gasteiger partial charge in [0, 0.05) is 31.0 Å². The largest absolute Gasteiger partial charge is 0.352 e. The van der Waals surface area contributed by atoms with Crippen molar-refractivity contribution in [2.45, 2.75) is 11.3 Å². The number of aromatic nitrogens is 3. The molecule has 0 fully saturated rings. The normalized spacial score (nSPS) is 11.6. The first-order valence-electron chi connectivity index (χ1n) is 7.43. The smallest absolute Gasteiger partial charge is 0.251 e. The molecule has 1 amide bonds. The highest BCUT2D eigenvalue weighted by Gasteiger charge is 2.16. The minimum absolute atomic E-state index is 0.0646. The molecule has 0 radical (unpaired) electrons. The van der Waals surface area contributed by atoms with E-state index in [9.17, 15) is 13.2 Å². The van der Waals surface area contributed by atoms with Crippen molar-refractivity contribution in [2.24, 2.45) is 0 Å². The monoisotopic (exact) mass is 378 g/mol. The van der Waals surface area contributed by atoms with Crippen LogP contribution >= 0.6 is 11.6 Å². The van der Waals surface area contributed by atoms with Crippen LogP contribution < -0.4 is 5.32 Å². The van der Waals surface area contributed by atoms with Crippen molar-refractivity contribution in [2.75, 3.05) is 12.8 Å². The maximum absolute atomic E-state index is 12.2. The predicted molar refractivity (Wildman–Crippen MR) is 93.6 cm³/mol. The summed E-state index contributed by atoms with van der Waals surface area (Å²) in [6, 6.07) is 9.75. The average Bonchev–Trinajstić information content (AvgIpc) is 2.97. The van der Waals surface area contributed by atoms with Crippen LogP contribution in [0.2, 0.25) is 5.02 Å². The lowest BCUT2D eigenvalue weighted by atomic mass is 10.2. The van der Waals surface area contributed by atoms with Crippen LogP contribution in [-0.2, 0) is 16.3 Å². The van der Waals surface area contributed by atoms with Gasteiger partial charge < -0.3 is 5.32 Å². The fourth-order valence-electron chi connectivity index (χ4n) is 2.38. The minimum atomic E-state index is -3.50. The molecule has 2 aromatic heterocycles. The molecule has 0 unspecified atom stereocenters. The standard InChI is InChI=1S/C16H15ClN4O3S/c1-25(23,24)13-10-11(5-6-12(13)17)16(22)18-8-7-15-20-19-14-4-2-3-9-21(14)15/h2-6,9-10H,7-8H2,1H3,(H,18,22). The van der Waals surface area contributed by atoms with Crippen molar-refractivity contribution in [1.82, 2.24) is 19.9 Å². The van der Waals surface area contributed by atoms with E-state index in [4.69, 9.17) is 11.6 Å². The molecule has 0 aliphatic heterocycles. The number of halogens is 1. The number of pyridine rings is 1. The van der Waals surface area contributed by atoms with Gasteiger partial charge in [0.15, 0.2) is 15.5 Å². The van der Waals surface area contributed by atoms with Gasteiger partial charge in [0.05, 0.1) is 9.92 Å². The van der Waals surface area contributed by atoms with Crippen LogP contribution in [0, 0.1) is 0 Å². The summed E-state index contributed by atoms with van der Waals surface area (Å²) in [6.07, 6.45) is 3.39. The minimum Gasteiger partial charge on any atom is -0.352 e. The lowest BCUT2D eigenvalue weighted by Crippen LogP contribution is -2.26. The molecular weight excluding hydrogens is 364 g/mol. The zero-order chi connectivity index (χ0) is 18.0. The molecule has 1 N–H and O–H groups in total. The second-order valence-corrected chi connectivity index (χ2v) is 7.86. The number of carbonyl (C=O) groups is 1. The number of sulfone groups is 1. The number of benzene rings is 1. The number of rotatable bonds is 5. The summed E-state index contributed by atoms with van der Waals surface area (Å²) in [5.41, 5.74) is 0.968. The molecule has 0 aliphatic carbocycles. The van der Waals surface area contributed by atoms with Gasteiger partial charge >= 0.3 is 0 Å². The first-order chi connectivity index (χ1) is 11.9. The Bertz CT molecular complexity index is 1050. The number of hydrogen-bond acceptors (Lipinski definition) is 5. The summed E-state index contributed by atoms with van der Waals surface area (Å²) in [6.45, 7) is 0.339. The van der Waals surface area contributed by atoms with Gasteiger partial charge in [-0.15, -0.1) is 10.2 Å². The van der Waals surface area contributed by atoms with Crippen LogP contribution in [0.15, 0.2) is 47.5 Å². The maximum Gasteiger partial charge on any atom is 0.251 e. The Morgan fingerprint density at radius 2 is 2.04 bits per heavy atom. The van der Waals surface area contributed by atoms with E-state index in [2.05, 4.69) is 15.5 Å². The summed E-state index contributed by atoms with van der Waals surface area (Å²) < 4.78 is 25.2. The van der Waals surface area contributed by atoms with Crippen molar-refractivity contribution in [3.05, 3.63) is 59.0 Å². The molecule has 1 aromatic carbocycles. The summed E-state index contributed by atoms with van der Waals surface area (Å²) in [5, 5.41) is 11.0. The number of hydrogen-bond donors (Lipinski definition) is 1. The van der Waals surface area contributed by atoms with E-state index in [0.29, 0.717) is 13.0 Å². The van der Waals surface area contributed by atoms with Gasteiger partial charge in [-0.1, -0.05) is 17.7 Å². The van der Waals surface area contributed by atoms with Crippen molar-refractivity contribution >= 4 is 33.0 Å². The Kier molecular flexibility index (Phi) is 4.73. The lowest BCUT2D eigenvalue weighted by Gasteiger charge is -2.07. The molecule has 0 spiro atoms. The molecule has 7 nitrogen and oxygen atoms in total. The Morgan fingerprint density at radius 3 is 2.80 bits per heavy atom. The maximum atomic E-state index is 12.2. The van der Waals surface area contributed by atoms with Crippen LogP contribution in [0.25, 0.3) is 5.65 Å². The van der Waals surface area contributed by atoms with E-state index >= 15 is 0 Å². The van der Waals surface area contributed by atoms with Crippen LogP contribution in [0.1, 0.15) is 16.2 Å². The fraction of sp³-hybridized carbons (Fsp3) is 0.188. The van der Waals surface area contributed by atoms with Crippen LogP contribution in [0.3, 0.4) is 0 Å². The zero-order valence-electron chi connectivity index (χ0n) is 13.3. The van der Waals surface area contributed by atoms with Crippen molar-refractivity contribution < 1.29 is 13.2 Å². The molecule has 3 aromatic rings. The van der Waals surface area contributed by atoms with Crippen LogP contribution in [0.5, 0.6) is 0 Å². The third-order valence-corrected chi connectivity index (χ3v) is 5.19. The highest BCUT2D eigenvalue weighted by atomic mass is 35.5. The topological polar surface area (TPSA) is 93.4 Å². The molecule has 0 aliphatic rings. The van der Waals surface area contributed by atoms with E-state index in [1.54, 1.807) is 0 Å². The van der Waals surface area contributed by atoms with Gasteiger partial charge in [-0.2, -0.15) is 0 Å². The average molecular weight is 379 g/mol. The predicted octanol–water partition coefficient (Wildman–Crippen LogP) is 1.76. The molecule has 25 heavy (non-hydrogen) atoms. The van der Waals surface area contributed by atoms with Gasteiger partial charge in [0.1, 0.15) is 5.82 Å². The molecule has 0 saturated carbocycles. The molecule has 0 saturated heterocycles. The van der Waals surface area contributed by atoms with Crippen molar-refractivity contribution in [3.8, 4) is 0 Å². The van der Waals surface area contributed by atoms with Gasteiger partial charge in [-0.3, -0.25) is 9.20 Å². The van der Waals surface area contributed by atoms with Gasteiger partial charge in [-0.05, 0) is 30.3 Å². The van der Waals surface area contributed by atoms with Gasteiger partial charge in [-0.25, -0.2) is 8.42 Å². The Labute approximate surface area is 149 Å². The number of carbonyl (C=O) groups excluding carboxylic acids is 1. The van der Waals surface area contributed by atoms with E-state index in [1.807, 2.05) is 28.8 Å². The summed E-state index contributed by atoms with van der Waals surface area (Å²) in [4.78, 5) is 12.2. The number of nitrogens with one attached hydrogen (secondary N) is 1. The van der Waals surface area contributed by atoms with Gasteiger partial charge in [0.2, 0.25) is 0 Å². The summed E-state index contributed by atoms with van der Waals surface area (Å²) in [5.74, 6) is 0.346. The van der Waals surface area contributed by atoms with E-state index < -0.39 is 9.84 Å². The second-order valence-electron chi connectivity index (χ2n) is 5.47. The lowest BCUT2D eigenvalue weighted by molar-refractivity contribution is 0.0953. The Hall–Kier alpha value is -2.45. The molecule has 9 heteroatoms. The highest BCUT2D eigenvalue weighted by Crippen LogP contribution is 2.22. The van der Waals surface area contributed by atoms with E-state index in [1.165, 1.54) is 18.2 Å². The Morgan fingerprint density at radius 1 is 1.24 bits per heavy atom. The highest BCUT2D eigenvalue weighted by molar-refractivity contribution is 7.90. The van der Waals surface area contributed by atoms with E-state index in [-0.39, 0.29) is 21.4 Å². The third-order valence-electron chi connectivity index (χ3n) is 3.61. The first-order valence-corrected chi connectivity index (χ1v) is 9.69. The van der Waals surface area contributed by atoms with Crippen molar-refractivity contribution in [3.63, 3.8) is 0 Å². The first kappa shape index (κ1) is 17.4. The Balaban J connectivity index is 1.69. The molecule has 130 valence electrons. The van der Waals surface area contributed by atoms with E-state index in [0.717, 1.165) is 17.7 Å². The molecular formula is C16H15ClN4O3S. The number of fused-ring (bicyclic) bond motifs is 1. The fourth-order valence-corrected chi connectivity index (χ4v) is 3.68. The molecule has 0 bridgehead atoms. The van der Waals surface area contributed by atoms with Crippen LogP contribution in [0.4, 0.5) is 0 Å². The molecule has 3 rings (SSSR count). The number of nitrogens with zero attached hydrogens (tertiary/aromatic N) is 3. The van der Waals surface area contributed by atoms with Crippen LogP contribution in [-0.4, -0.2) is 41.7 Å². The second kappa shape index (κ2) is 6.81. The SMILES string of the molecule is CS(=O)(=O)c1cc(C(=O)NCCc2nnc3ccccn23)ccc1Cl. The van der Waals surface area contributed by atoms with Crippen molar-refractivity contribution in [1.29, 1.82) is 0 Å². The summed E-state index contributed by atoms with van der Waals surface area (Å²) in [7, 11) is -3.50. The van der Waals surface area contributed by atoms with Gasteiger partial charge in [0.25, 0.3) is 5.91 Å². The molecule has 0 atom stereocenters. The molecule has 2 heterocycles. The zero-order valence-corrected chi connectivity index (χ0v) is 14.9. The quantitative estimate of drug-likeness (QED) is 0.730.